The van der Waals surface area contributed by atoms with Crippen LogP contribution in [0.3, 0.4) is 0 Å². The SMILES string of the molecule is CCOC(=O)COc1ccc(/C=N\Nc2ccc([N+](=O)[O-])cc2[N+](=O)[O-])cc1. The molecule has 0 spiro atoms. The van der Waals surface area contributed by atoms with E-state index in [2.05, 4.69) is 10.5 Å². The number of esters is 1. The fraction of sp³-hybridized carbons (Fsp3) is 0.176. The quantitative estimate of drug-likeness (QED) is 0.298. The summed E-state index contributed by atoms with van der Waals surface area (Å²) in [6.07, 6.45) is 1.40. The second kappa shape index (κ2) is 9.62. The molecule has 0 aliphatic rings. The highest BCUT2D eigenvalue weighted by Gasteiger charge is 2.19. The maximum Gasteiger partial charge on any atom is 0.344 e. The Labute approximate surface area is 158 Å². The van der Waals surface area contributed by atoms with Gasteiger partial charge in [0.1, 0.15) is 11.4 Å². The predicted octanol–water partition coefficient (Wildman–Crippen LogP) is 2.89. The van der Waals surface area contributed by atoms with Gasteiger partial charge in [0.2, 0.25) is 0 Å². The summed E-state index contributed by atoms with van der Waals surface area (Å²) in [6.45, 7) is 1.77. The second-order valence-corrected chi connectivity index (χ2v) is 5.25. The third-order valence-electron chi connectivity index (χ3n) is 3.33. The van der Waals surface area contributed by atoms with Crippen LogP contribution in [0.4, 0.5) is 17.1 Å². The Morgan fingerprint density at radius 1 is 1.14 bits per heavy atom. The topological polar surface area (TPSA) is 146 Å². The van der Waals surface area contributed by atoms with Crippen LogP contribution in [0.25, 0.3) is 0 Å². The van der Waals surface area contributed by atoms with Gasteiger partial charge in [-0.15, -0.1) is 0 Å². The number of nitro benzene ring substituents is 2. The number of carbonyl (C=O) groups is 1. The van der Waals surface area contributed by atoms with E-state index in [1.54, 1.807) is 31.2 Å². The van der Waals surface area contributed by atoms with Crippen LogP contribution >= 0.6 is 0 Å². The van der Waals surface area contributed by atoms with Crippen molar-refractivity contribution in [1.82, 2.24) is 0 Å². The van der Waals surface area contributed by atoms with Crippen LogP contribution < -0.4 is 10.2 Å². The van der Waals surface area contributed by atoms with Gasteiger partial charge in [0, 0.05) is 6.07 Å². The molecule has 0 fully saturated rings. The minimum absolute atomic E-state index is 0.0150. The van der Waals surface area contributed by atoms with E-state index in [9.17, 15) is 25.0 Å². The molecule has 1 N–H and O–H groups in total. The Morgan fingerprint density at radius 2 is 1.86 bits per heavy atom. The molecule has 28 heavy (non-hydrogen) atoms. The van der Waals surface area contributed by atoms with Gasteiger partial charge in [0.25, 0.3) is 5.69 Å². The number of ether oxygens (including phenoxy) is 2. The van der Waals surface area contributed by atoms with E-state index in [0.717, 1.165) is 12.1 Å². The fourth-order valence-corrected chi connectivity index (χ4v) is 2.05. The van der Waals surface area contributed by atoms with E-state index in [1.165, 1.54) is 12.3 Å². The molecular weight excluding hydrogens is 372 g/mol. The summed E-state index contributed by atoms with van der Waals surface area (Å²) in [5.41, 5.74) is 2.31. The molecule has 2 rings (SSSR count). The number of hydrogen-bond donors (Lipinski definition) is 1. The summed E-state index contributed by atoms with van der Waals surface area (Å²) in [5.74, 6) is -0.00815. The molecule has 2 aromatic carbocycles. The summed E-state index contributed by atoms with van der Waals surface area (Å²) in [7, 11) is 0. The number of nitrogens with one attached hydrogen (secondary N) is 1. The molecule has 0 saturated carbocycles. The number of anilines is 1. The van der Waals surface area contributed by atoms with Crippen LogP contribution in [-0.2, 0) is 9.53 Å². The molecule has 0 aliphatic heterocycles. The van der Waals surface area contributed by atoms with Gasteiger partial charge < -0.3 is 9.47 Å². The van der Waals surface area contributed by atoms with Gasteiger partial charge in [-0.3, -0.25) is 25.7 Å². The van der Waals surface area contributed by atoms with Crippen molar-refractivity contribution >= 4 is 29.2 Å². The van der Waals surface area contributed by atoms with Crippen LogP contribution in [0.5, 0.6) is 5.75 Å². The first-order valence-electron chi connectivity index (χ1n) is 8.01. The zero-order valence-electron chi connectivity index (χ0n) is 14.7. The van der Waals surface area contributed by atoms with E-state index in [1.807, 2.05) is 0 Å². The number of nitro groups is 2. The number of nitrogens with zero attached hydrogens (tertiary/aromatic N) is 3. The standard InChI is InChI=1S/C17H16N4O7/c1-2-27-17(22)11-28-14-6-3-12(4-7-14)10-18-19-15-8-5-13(20(23)24)9-16(15)21(25)26/h3-10,19H,2,11H2,1H3/b18-10-. The molecule has 0 saturated heterocycles. The van der Waals surface area contributed by atoms with E-state index in [-0.39, 0.29) is 24.6 Å². The zero-order valence-corrected chi connectivity index (χ0v) is 14.7. The third-order valence-corrected chi connectivity index (χ3v) is 3.33. The monoisotopic (exact) mass is 388 g/mol. The molecular formula is C17H16N4O7. The van der Waals surface area contributed by atoms with Gasteiger partial charge in [0.05, 0.1) is 28.7 Å². The van der Waals surface area contributed by atoms with Crippen LogP contribution in [0.1, 0.15) is 12.5 Å². The average Bonchev–Trinajstić information content (AvgIpc) is 2.67. The highest BCUT2D eigenvalue weighted by molar-refractivity contribution is 5.81. The molecule has 0 unspecified atom stereocenters. The summed E-state index contributed by atoms with van der Waals surface area (Å²) < 4.78 is 10.0. The first-order valence-corrected chi connectivity index (χ1v) is 8.01. The molecule has 0 heterocycles. The summed E-state index contributed by atoms with van der Waals surface area (Å²) in [5, 5.41) is 25.7. The molecule has 11 heteroatoms. The van der Waals surface area contributed by atoms with Crippen molar-refractivity contribution in [3.8, 4) is 5.75 Å². The van der Waals surface area contributed by atoms with E-state index in [4.69, 9.17) is 9.47 Å². The number of hydrazone groups is 1. The normalized spacial score (nSPS) is 10.5. The van der Waals surface area contributed by atoms with E-state index < -0.39 is 21.5 Å². The fourth-order valence-electron chi connectivity index (χ4n) is 2.05. The third kappa shape index (κ3) is 5.76. The molecule has 0 aromatic heterocycles. The van der Waals surface area contributed by atoms with Crippen molar-refractivity contribution in [2.24, 2.45) is 5.10 Å². The Kier molecular flexibility index (Phi) is 6.97. The lowest BCUT2D eigenvalue weighted by atomic mass is 10.2. The van der Waals surface area contributed by atoms with Crippen molar-refractivity contribution in [2.75, 3.05) is 18.6 Å². The largest absolute Gasteiger partial charge is 0.482 e. The first-order chi connectivity index (χ1) is 13.4. The highest BCUT2D eigenvalue weighted by atomic mass is 16.6. The van der Waals surface area contributed by atoms with Gasteiger partial charge in [-0.1, -0.05) is 0 Å². The minimum atomic E-state index is -0.736. The molecule has 2 aromatic rings. The smallest absolute Gasteiger partial charge is 0.344 e. The van der Waals surface area contributed by atoms with Crippen LogP contribution in [0.2, 0.25) is 0 Å². The van der Waals surface area contributed by atoms with Crippen molar-refractivity contribution in [3.63, 3.8) is 0 Å². The zero-order chi connectivity index (χ0) is 20.5. The maximum atomic E-state index is 11.2. The van der Waals surface area contributed by atoms with Gasteiger partial charge >= 0.3 is 11.7 Å². The lowest BCUT2D eigenvalue weighted by Gasteiger charge is -2.05. The Morgan fingerprint density at radius 3 is 2.46 bits per heavy atom. The number of hydrogen-bond acceptors (Lipinski definition) is 9. The number of benzene rings is 2. The minimum Gasteiger partial charge on any atom is -0.482 e. The van der Waals surface area contributed by atoms with Gasteiger partial charge in [0.15, 0.2) is 6.61 Å². The lowest BCUT2D eigenvalue weighted by molar-refractivity contribution is -0.393. The summed E-state index contributed by atoms with van der Waals surface area (Å²) in [6, 6.07) is 9.77. The Balaban J connectivity index is 2.00. The maximum absolute atomic E-state index is 11.2. The summed E-state index contributed by atoms with van der Waals surface area (Å²) in [4.78, 5) is 31.6. The molecule has 0 radical (unpaired) electrons. The molecule has 0 atom stereocenters. The van der Waals surface area contributed by atoms with Gasteiger partial charge in [-0.05, 0) is 42.8 Å². The molecule has 0 aliphatic carbocycles. The van der Waals surface area contributed by atoms with Gasteiger partial charge in [-0.25, -0.2) is 4.79 Å². The van der Waals surface area contributed by atoms with Crippen molar-refractivity contribution in [2.45, 2.75) is 6.92 Å². The van der Waals surface area contributed by atoms with Crippen molar-refractivity contribution < 1.29 is 24.1 Å². The second-order valence-electron chi connectivity index (χ2n) is 5.25. The van der Waals surface area contributed by atoms with Crippen LogP contribution in [0.15, 0.2) is 47.6 Å². The molecule has 0 amide bonds. The van der Waals surface area contributed by atoms with E-state index in [0.29, 0.717) is 11.3 Å². The molecule has 11 nitrogen and oxygen atoms in total. The Hall–Kier alpha value is -4.02. The predicted molar refractivity (Wildman–Crippen MR) is 99.5 cm³/mol. The van der Waals surface area contributed by atoms with Crippen molar-refractivity contribution in [3.05, 3.63) is 68.3 Å². The Bertz CT molecular complexity index is 897. The van der Waals surface area contributed by atoms with Crippen molar-refractivity contribution in [1.29, 1.82) is 0 Å². The van der Waals surface area contributed by atoms with Crippen LogP contribution in [-0.4, -0.2) is 35.2 Å². The molecule has 0 bridgehead atoms. The number of carbonyl (C=O) groups excluding carboxylic acids is 1. The summed E-state index contributed by atoms with van der Waals surface area (Å²) >= 11 is 0. The van der Waals surface area contributed by atoms with Gasteiger partial charge in [-0.2, -0.15) is 5.10 Å². The first kappa shape index (κ1) is 20.3. The number of non-ortho nitro benzene ring substituents is 1. The number of rotatable bonds is 9. The highest BCUT2D eigenvalue weighted by Crippen LogP contribution is 2.28. The van der Waals surface area contributed by atoms with E-state index >= 15 is 0 Å². The van der Waals surface area contributed by atoms with Crippen LogP contribution in [0, 0.1) is 20.2 Å². The molecule has 146 valence electrons. The lowest BCUT2D eigenvalue weighted by Crippen LogP contribution is -2.14. The average molecular weight is 388 g/mol.